The molecule has 0 saturated carbocycles. The van der Waals surface area contributed by atoms with Gasteiger partial charge in [0.1, 0.15) is 0 Å². The number of hydrogen-bond donors (Lipinski definition) is 0. The molecule has 0 saturated heterocycles. The second kappa shape index (κ2) is 6.28. The Labute approximate surface area is 140 Å². The van der Waals surface area contributed by atoms with Crippen LogP contribution in [-0.2, 0) is 12.8 Å². The smallest absolute Gasteiger partial charge is 0.276 e. The fourth-order valence-electron chi connectivity index (χ4n) is 3.10. The Balaban J connectivity index is 1.52. The van der Waals surface area contributed by atoms with Crippen molar-refractivity contribution in [1.29, 1.82) is 0 Å². The first-order chi connectivity index (χ1) is 11.8. The molecule has 3 aromatic rings. The van der Waals surface area contributed by atoms with Crippen LogP contribution < -0.4 is 0 Å². The predicted octanol–water partition coefficient (Wildman–Crippen LogP) is 2.51. The first-order valence-electron chi connectivity index (χ1n) is 8.15. The molecule has 1 aliphatic rings. The van der Waals surface area contributed by atoms with Gasteiger partial charge < -0.3 is 4.90 Å². The number of rotatable bonds is 2. The molecule has 5 heteroatoms. The molecule has 120 valence electrons. The number of fused-ring (bicyclic) bond motifs is 1. The quantitative estimate of drug-likeness (QED) is 0.729. The van der Waals surface area contributed by atoms with Crippen LogP contribution in [0.1, 0.15) is 21.6 Å². The Morgan fingerprint density at radius 3 is 2.17 bits per heavy atom. The summed E-state index contributed by atoms with van der Waals surface area (Å²) in [6.07, 6.45) is 3.47. The van der Waals surface area contributed by atoms with E-state index >= 15 is 0 Å². The van der Waals surface area contributed by atoms with Crippen LogP contribution in [0.25, 0.3) is 5.69 Å². The van der Waals surface area contributed by atoms with Crippen LogP contribution in [0.4, 0.5) is 0 Å². The van der Waals surface area contributed by atoms with Gasteiger partial charge in [-0.15, -0.1) is 5.10 Å². The third kappa shape index (κ3) is 2.80. The van der Waals surface area contributed by atoms with E-state index in [0.29, 0.717) is 18.8 Å². The van der Waals surface area contributed by atoms with Gasteiger partial charge in [-0.2, -0.15) is 0 Å². The van der Waals surface area contributed by atoms with Crippen molar-refractivity contribution in [1.82, 2.24) is 19.9 Å². The Hall–Kier alpha value is -2.95. The standard InChI is InChI=1S/C19H18N4O/c24-19(18-14-23(21-20-18)17-8-2-1-3-9-17)22-12-10-15-6-4-5-7-16(15)11-13-22/h1-9,14H,10-13H2. The normalized spacial score (nSPS) is 14.1. The second-order valence-electron chi connectivity index (χ2n) is 5.94. The minimum atomic E-state index is -0.0509. The molecule has 24 heavy (non-hydrogen) atoms. The summed E-state index contributed by atoms with van der Waals surface area (Å²) in [4.78, 5) is 14.6. The van der Waals surface area contributed by atoms with Crippen molar-refractivity contribution in [3.63, 3.8) is 0 Å². The van der Waals surface area contributed by atoms with Crippen molar-refractivity contribution >= 4 is 5.91 Å². The lowest BCUT2D eigenvalue weighted by Gasteiger charge is -2.18. The molecule has 0 bridgehead atoms. The summed E-state index contributed by atoms with van der Waals surface area (Å²) in [7, 11) is 0. The summed E-state index contributed by atoms with van der Waals surface area (Å²) >= 11 is 0. The van der Waals surface area contributed by atoms with Crippen LogP contribution in [-0.4, -0.2) is 38.9 Å². The number of para-hydroxylation sites is 1. The highest BCUT2D eigenvalue weighted by Crippen LogP contribution is 2.17. The first-order valence-corrected chi connectivity index (χ1v) is 8.15. The SMILES string of the molecule is O=C(c1cn(-c2ccccc2)nn1)N1CCc2ccccc2CC1. The molecule has 2 aromatic carbocycles. The molecule has 4 rings (SSSR count). The van der Waals surface area contributed by atoms with E-state index in [4.69, 9.17) is 0 Å². The minimum absolute atomic E-state index is 0.0509. The van der Waals surface area contributed by atoms with Gasteiger partial charge in [-0.05, 0) is 36.1 Å². The number of amides is 1. The van der Waals surface area contributed by atoms with Gasteiger partial charge >= 0.3 is 0 Å². The molecule has 0 unspecified atom stereocenters. The largest absolute Gasteiger partial charge is 0.337 e. The van der Waals surface area contributed by atoms with Gasteiger partial charge in [-0.3, -0.25) is 4.79 Å². The Kier molecular flexibility index (Phi) is 3.83. The summed E-state index contributed by atoms with van der Waals surface area (Å²) in [6.45, 7) is 1.43. The van der Waals surface area contributed by atoms with Crippen LogP contribution >= 0.6 is 0 Å². The molecule has 0 N–H and O–H groups in total. The molecule has 0 atom stereocenters. The number of aromatic nitrogens is 3. The number of carbonyl (C=O) groups is 1. The predicted molar refractivity (Wildman–Crippen MR) is 91.1 cm³/mol. The number of hydrogen-bond acceptors (Lipinski definition) is 3. The molecule has 0 fully saturated rings. The maximum absolute atomic E-state index is 12.8. The van der Waals surface area contributed by atoms with Gasteiger partial charge in [0.15, 0.2) is 5.69 Å². The number of nitrogens with zero attached hydrogens (tertiary/aromatic N) is 4. The third-order valence-electron chi connectivity index (χ3n) is 4.44. The van der Waals surface area contributed by atoms with Crippen molar-refractivity contribution in [2.24, 2.45) is 0 Å². The lowest BCUT2D eigenvalue weighted by atomic mass is 10.0. The Morgan fingerprint density at radius 2 is 1.50 bits per heavy atom. The highest BCUT2D eigenvalue weighted by atomic mass is 16.2. The molecule has 0 spiro atoms. The van der Waals surface area contributed by atoms with Crippen molar-refractivity contribution in [3.8, 4) is 5.69 Å². The molecule has 1 aliphatic heterocycles. The highest BCUT2D eigenvalue weighted by Gasteiger charge is 2.22. The minimum Gasteiger partial charge on any atom is -0.337 e. The molecule has 1 amide bonds. The molecule has 0 radical (unpaired) electrons. The van der Waals surface area contributed by atoms with E-state index in [1.165, 1.54) is 11.1 Å². The average molecular weight is 318 g/mol. The van der Waals surface area contributed by atoms with E-state index in [1.807, 2.05) is 35.2 Å². The molecule has 0 aliphatic carbocycles. The number of benzene rings is 2. The summed E-state index contributed by atoms with van der Waals surface area (Å²) in [5.41, 5.74) is 3.96. The van der Waals surface area contributed by atoms with Crippen LogP contribution in [0, 0.1) is 0 Å². The zero-order valence-corrected chi connectivity index (χ0v) is 13.3. The van der Waals surface area contributed by atoms with E-state index < -0.39 is 0 Å². The maximum atomic E-state index is 12.8. The van der Waals surface area contributed by atoms with Crippen molar-refractivity contribution < 1.29 is 4.79 Å². The fraction of sp³-hybridized carbons (Fsp3) is 0.211. The van der Waals surface area contributed by atoms with E-state index in [0.717, 1.165) is 18.5 Å². The van der Waals surface area contributed by atoms with Gasteiger partial charge in [-0.25, -0.2) is 4.68 Å². The van der Waals surface area contributed by atoms with Crippen LogP contribution in [0.5, 0.6) is 0 Å². The summed E-state index contributed by atoms with van der Waals surface area (Å²) in [6, 6.07) is 18.1. The Bertz CT molecular complexity index is 830. The van der Waals surface area contributed by atoms with E-state index in [1.54, 1.807) is 10.9 Å². The Morgan fingerprint density at radius 1 is 0.875 bits per heavy atom. The van der Waals surface area contributed by atoms with Crippen LogP contribution in [0.2, 0.25) is 0 Å². The average Bonchev–Trinajstić information content (AvgIpc) is 3.03. The second-order valence-corrected chi connectivity index (χ2v) is 5.94. The molecular weight excluding hydrogens is 300 g/mol. The van der Waals surface area contributed by atoms with E-state index in [-0.39, 0.29) is 5.91 Å². The maximum Gasteiger partial charge on any atom is 0.276 e. The lowest BCUT2D eigenvalue weighted by Crippen LogP contribution is -2.33. The first kappa shape index (κ1) is 14.6. The fourth-order valence-corrected chi connectivity index (χ4v) is 3.10. The van der Waals surface area contributed by atoms with Crippen LogP contribution in [0.15, 0.2) is 60.8 Å². The van der Waals surface area contributed by atoms with E-state index in [2.05, 4.69) is 34.6 Å². The molecular formula is C19H18N4O. The van der Waals surface area contributed by atoms with Crippen LogP contribution in [0.3, 0.4) is 0 Å². The van der Waals surface area contributed by atoms with Gasteiger partial charge in [0, 0.05) is 13.1 Å². The molecule has 5 nitrogen and oxygen atoms in total. The molecule has 1 aromatic heterocycles. The topological polar surface area (TPSA) is 51.0 Å². The van der Waals surface area contributed by atoms with Crippen molar-refractivity contribution in [3.05, 3.63) is 77.6 Å². The van der Waals surface area contributed by atoms with Gasteiger partial charge in [0.2, 0.25) is 0 Å². The zero-order valence-electron chi connectivity index (χ0n) is 13.3. The van der Waals surface area contributed by atoms with Gasteiger partial charge in [0.25, 0.3) is 5.91 Å². The summed E-state index contributed by atoms with van der Waals surface area (Å²) in [5.74, 6) is -0.0509. The van der Waals surface area contributed by atoms with Gasteiger partial charge in [-0.1, -0.05) is 47.7 Å². The zero-order chi connectivity index (χ0) is 16.4. The summed E-state index contributed by atoms with van der Waals surface area (Å²) < 4.78 is 1.64. The third-order valence-corrected chi connectivity index (χ3v) is 4.44. The van der Waals surface area contributed by atoms with Gasteiger partial charge in [0.05, 0.1) is 11.9 Å². The molecule has 2 heterocycles. The lowest BCUT2D eigenvalue weighted by molar-refractivity contribution is 0.0757. The summed E-state index contributed by atoms with van der Waals surface area (Å²) in [5, 5.41) is 8.15. The van der Waals surface area contributed by atoms with Crippen molar-refractivity contribution in [2.75, 3.05) is 13.1 Å². The highest BCUT2D eigenvalue weighted by molar-refractivity contribution is 5.92. The number of carbonyl (C=O) groups excluding carboxylic acids is 1. The monoisotopic (exact) mass is 318 g/mol. The van der Waals surface area contributed by atoms with E-state index in [9.17, 15) is 4.79 Å². The van der Waals surface area contributed by atoms with Crippen molar-refractivity contribution in [2.45, 2.75) is 12.8 Å².